The smallest absolute Gasteiger partial charge is 0.257 e. The number of fused-ring (bicyclic) bond motifs is 1. The van der Waals surface area contributed by atoms with Crippen LogP contribution in [0.5, 0.6) is 0 Å². The molecule has 0 fully saturated rings. The molecule has 0 aliphatic heterocycles. The Morgan fingerprint density at radius 2 is 2.00 bits per heavy atom. The summed E-state index contributed by atoms with van der Waals surface area (Å²) >= 11 is 6.73. The van der Waals surface area contributed by atoms with E-state index in [4.69, 9.17) is 12.2 Å². The maximum absolute atomic E-state index is 12.4. The molecule has 2 heterocycles. The number of carbonyl (C=O) groups excluding carboxylic acids is 1. The van der Waals surface area contributed by atoms with Gasteiger partial charge in [0.25, 0.3) is 5.91 Å². The highest BCUT2D eigenvalue weighted by Gasteiger charge is 2.11. The number of anilines is 1. The number of nitrogens with one attached hydrogen (secondary N) is 2. The van der Waals surface area contributed by atoms with Gasteiger partial charge in [-0.2, -0.15) is 9.61 Å². The Bertz CT molecular complexity index is 1170. The monoisotopic (exact) mass is 408 g/mol. The van der Waals surface area contributed by atoms with Crippen molar-refractivity contribution >= 4 is 45.2 Å². The second-order valence-corrected chi connectivity index (χ2v) is 7.62. The van der Waals surface area contributed by atoms with Crippen LogP contribution < -0.4 is 10.6 Å². The van der Waals surface area contributed by atoms with Crippen LogP contribution in [0.25, 0.3) is 15.5 Å². The zero-order valence-electron chi connectivity index (χ0n) is 15.1. The van der Waals surface area contributed by atoms with E-state index in [2.05, 4.69) is 25.9 Å². The largest absolute Gasteiger partial charge is 0.332 e. The van der Waals surface area contributed by atoms with E-state index >= 15 is 0 Å². The first-order chi connectivity index (χ1) is 13.5. The van der Waals surface area contributed by atoms with Crippen molar-refractivity contribution in [1.82, 2.24) is 25.1 Å². The Hall–Kier alpha value is -3.17. The SMILES string of the molecule is Cc1ccc(C(=O)NC(=S)Nc2cccc(-c3nn4cnnc4s3)c2)cc1C. The lowest BCUT2D eigenvalue weighted by atomic mass is 10.1. The molecule has 1 amide bonds. The molecule has 0 saturated carbocycles. The van der Waals surface area contributed by atoms with Crippen LogP contribution in [0.1, 0.15) is 21.5 Å². The number of carbonyl (C=O) groups is 1. The third-order valence-electron chi connectivity index (χ3n) is 4.25. The number of rotatable bonds is 3. The molecule has 2 aromatic heterocycles. The van der Waals surface area contributed by atoms with Crippen LogP contribution in [-0.4, -0.2) is 30.8 Å². The first kappa shape index (κ1) is 18.2. The average Bonchev–Trinajstić information content (AvgIpc) is 3.26. The van der Waals surface area contributed by atoms with E-state index in [9.17, 15) is 4.79 Å². The fraction of sp³-hybridized carbons (Fsp3) is 0.105. The van der Waals surface area contributed by atoms with Gasteiger partial charge in [-0.25, -0.2) is 0 Å². The van der Waals surface area contributed by atoms with Gasteiger partial charge < -0.3 is 5.32 Å². The second-order valence-electron chi connectivity index (χ2n) is 6.25. The van der Waals surface area contributed by atoms with Crippen LogP contribution >= 0.6 is 23.6 Å². The number of hydrogen-bond donors (Lipinski definition) is 2. The van der Waals surface area contributed by atoms with Crippen molar-refractivity contribution in [3.8, 4) is 10.6 Å². The molecular weight excluding hydrogens is 392 g/mol. The zero-order chi connectivity index (χ0) is 19.7. The minimum absolute atomic E-state index is 0.235. The lowest BCUT2D eigenvalue weighted by Crippen LogP contribution is -2.34. The minimum atomic E-state index is -0.245. The Kier molecular flexibility index (Phi) is 4.84. The Balaban J connectivity index is 1.46. The van der Waals surface area contributed by atoms with Crippen LogP contribution in [0.3, 0.4) is 0 Å². The minimum Gasteiger partial charge on any atom is -0.332 e. The van der Waals surface area contributed by atoms with Crippen molar-refractivity contribution in [2.75, 3.05) is 5.32 Å². The summed E-state index contributed by atoms with van der Waals surface area (Å²) in [6, 6.07) is 13.2. The predicted octanol–water partition coefficient (Wildman–Crippen LogP) is 3.60. The van der Waals surface area contributed by atoms with E-state index in [0.717, 1.165) is 32.3 Å². The molecule has 0 spiro atoms. The van der Waals surface area contributed by atoms with Gasteiger partial charge in [-0.1, -0.05) is 29.5 Å². The molecule has 2 N–H and O–H groups in total. The van der Waals surface area contributed by atoms with E-state index in [0.29, 0.717) is 5.56 Å². The number of nitrogens with zero attached hydrogens (tertiary/aromatic N) is 4. The van der Waals surface area contributed by atoms with Crippen molar-refractivity contribution < 1.29 is 4.79 Å². The Labute approximate surface area is 170 Å². The highest BCUT2D eigenvalue weighted by molar-refractivity contribution is 7.80. The van der Waals surface area contributed by atoms with E-state index in [1.165, 1.54) is 11.3 Å². The predicted molar refractivity (Wildman–Crippen MR) is 114 cm³/mol. The maximum Gasteiger partial charge on any atom is 0.257 e. The van der Waals surface area contributed by atoms with Crippen molar-refractivity contribution in [1.29, 1.82) is 0 Å². The van der Waals surface area contributed by atoms with Crippen molar-refractivity contribution in [2.45, 2.75) is 13.8 Å². The fourth-order valence-electron chi connectivity index (χ4n) is 2.63. The van der Waals surface area contributed by atoms with E-state index in [1.807, 2.05) is 50.2 Å². The standard InChI is InChI=1S/C19H16N6OS2/c1-11-6-7-13(8-12(11)2)16(26)22-18(27)21-15-5-3-4-14(9-15)17-24-25-10-20-23-19(25)28-17/h3-10H,1-2H3,(H2,21,22,26,27). The number of benzene rings is 2. The van der Waals surface area contributed by atoms with Gasteiger partial charge in [-0.05, 0) is 61.5 Å². The summed E-state index contributed by atoms with van der Waals surface area (Å²) in [6.07, 6.45) is 1.56. The first-order valence-electron chi connectivity index (χ1n) is 8.46. The summed E-state index contributed by atoms with van der Waals surface area (Å²) in [5.41, 5.74) is 4.45. The van der Waals surface area contributed by atoms with E-state index < -0.39 is 0 Å². The number of thiocarbonyl (C=S) groups is 1. The third-order valence-corrected chi connectivity index (χ3v) is 5.42. The molecule has 0 aliphatic carbocycles. The zero-order valence-corrected chi connectivity index (χ0v) is 16.8. The van der Waals surface area contributed by atoms with E-state index in [-0.39, 0.29) is 11.0 Å². The van der Waals surface area contributed by atoms with Crippen molar-refractivity contribution in [2.24, 2.45) is 0 Å². The van der Waals surface area contributed by atoms with Gasteiger partial charge >= 0.3 is 0 Å². The molecule has 0 unspecified atom stereocenters. The molecule has 2 aromatic carbocycles. The van der Waals surface area contributed by atoms with Crippen LogP contribution in [0.2, 0.25) is 0 Å². The van der Waals surface area contributed by atoms with Gasteiger partial charge in [0.15, 0.2) is 5.11 Å². The van der Waals surface area contributed by atoms with Crippen LogP contribution in [-0.2, 0) is 0 Å². The molecular formula is C19H16N6OS2. The lowest BCUT2D eigenvalue weighted by molar-refractivity contribution is 0.0977. The second kappa shape index (κ2) is 7.45. The van der Waals surface area contributed by atoms with Gasteiger partial charge in [0.1, 0.15) is 11.3 Å². The highest BCUT2D eigenvalue weighted by atomic mass is 32.1. The van der Waals surface area contributed by atoms with Gasteiger partial charge in [0.05, 0.1) is 0 Å². The van der Waals surface area contributed by atoms with Gasteiger partial charge in [0.2, 0.25) is 4.96 Å². The summed E-state index contributed by atoms with van der Waals surface area (Å²) in [6.45, 7) is 3.98. The molecule has 0 atom stereocenters. The molecule has 7 nitrogen and oxygen atoms in total. The van der Waals surface area contributed by atoms with Crippen LogP contribution in [0, 0.1) is 13.8 Å². The molecule has 4 aromatic rings. The first-order valence-corrected chi connectivity index (χ1v) is 9.69. The van der Waals surface area contributed by atoms with Crippen molar-refractivity contribution in [3.63, 3.8) is 0 Å². The summed E-state index contributed by atoms with van der Waals surface area (Å²) in [4.78, 5) is 13.1. The molecule has 0 saturated heterocycles. The maximum atomic E-state index is 12.4. The summed E-state index contributed by atoms with van der Waals surface area (Å²) in [7, 11) is 0. The average molecular weight is 409 g/mol. The molecule has 0 radical (unpaired) electrons. The molecule has 28 heavy (non-hydrogen) atoms. The van der Waals surface area contributed by atoms with Gasteiger partial charge in [0, 0.05) is 16.8 Å². The van der Waals surface area contributed by atoms with E-state index in [1.54, 1.807) is 16.9 Å². The van der Waals surface area contributed by atoms with Crippen LogP contribution in [0.15, 0.2) is 48.8 Å². The molecule has 140 valence electrons. The van der Waals surface area contributed by atoms with Crippen molar-refractivity contribution in [3.05, 3.63) is 65.5 Å². The molecule has 0 aliphatic rings. The topological polar surface area (TPSA) is 84.2 Å². The normalized spacial score (nSPS) is 10.8. The van der Waals surface area contributed by atoms with Gasteiger partial charge in [-0.15, -0.1) is 10.2 Å². The number of aryl methyl sites for hydroxylation is 2. The molecule has 0 bridgehead atoms. The van der Waals surface area contributed by atoms with Gasteiger partial charge in [-0.3, -0.25) is 10.1 Å². The lowest BCUT2D eigenvalue weighted by Gasteiger charge is -2.11. The molecule has 4 rings (SSSR count). The fourth-order valence-corrected chi connectivity index (χ4v) is 3.65. The molecule has 9 heteroatoms. The third kappa shape index (κ3) is 3.75. The number of amides is 1. The number of aromatic nitrogens is 4. The Morgan fingerprint density at radius 3 is 2.79 bits per heavy atom. The summed E-state index contributed by atoms with van der Waals surface area (Å²) in [5.74, 6) is -0.245. The highest BCUT2D eigenvalue weighted by Crippen LogP contribution is 2.26. The quantitative estimate of drug-likeness (QED) is 0.504. The van der Waals surface area contributed by atoms with Crippen LogP contribution in [0.4, 0.5) is 5.69 Å². The Morgan fingerprint density at radius 1 is 1.14 bits per heavy atom. The number of hydrogen-bond acceptors (Lipinski definition) is 6. The summed E-state index contributed by atoms with van der Waals surface area (Å²) < 4.78 is 1.63. The summed E-state index contributed by atoms with van der Waals surface area (Å²) in [5, 5.41) is 19.1.